The second-order valence-electron chi connectivity index (χ2n) is 5.22. The molecule has 4 nitrogen and oxygen atoms in total. The van der Waals surface area contributed by atoms with Crippen molar-refractivity contribution in [1.29, 1.82) is 0 Å². The highest BCUT2D eigenvalue weighted by molar-refractivity contribution is 5.91. The lowest BCUT2D eigenvalue weighted by atomic mass is 9.93. The Balaban J connectivity index is 1.78. The van der Waals surface area contributed by atoms with Crippen molar-refractivity contribution in [3.63, 3.8) is 0 Å². The first-order valence-electron chi connectivity index (χ1n) is 6.89. The molecule has 0 heterocycles. The lowest BCUT2D eigenvalue weighted by molar-refractivity contribution is -0.123. The lowest BCUT2D eigenvalue weighted by Gasteiger charge is -2.28. The van der Waals surface area contributed by atoms with Crippen molar-refractivity contribution >= 4 is 11.6 Å². The van der Waals surface area contributed by atoms with Gasteiger partial charge in [-0.3, -0.25) is 4.79 Å². The molecule has 1 aliphatic carbocycles. The van der Waals surface area contributed by atoms with Crippen LogP contribution in [0.1, 0.15) is 31.2 Å². The van der Waals surface area contributed by atoms with Crippen molar-refractivity contribution in [2.45, 2.75) is 44.8 Å². The zero-order chi connectivity index (χ0) is 13.7. The normalized spacial score (nSPS) is 23.1. The topological polar surface area (TPSA) is 64.3 Å². The van der Waals surface area contributed by atoms with Crippen molar-refractivity contribution in [3.05, 3.63) is 29.8 Å². The lowest BCUT2D eigenvalue weighted by Crippen LogP contribution is -2.40. The Kier molecular flexibility index (Phi) is 4.93. The number of aryl methyl sites for hydroxylation is 1. The van der Waals surface area contributed by atoms with Gasteiger partial charge in [0, 0.05) is 11.7 Å². The molecule has 0 saturated heterocycles. The number of amides is 1. The summed E-state index contributed by atoms with van der Waals surface area (Å²) in [6, 6.07) is 7.79. The quantitative estimate of drug-likeness (QED) is 0.874. The van der Waals surface area contributed by atoms with Crippen LogP contribution in [0, 0.1) is 6.92 Å². The molecule has 104 valence electrons. The van der Waals surface area contributed by atoms with Gasteiger partial charge in [-0.25, -0.2) is 0 Å². The van der Waals surface area contributed by atoms with E-state index in [-0.39, 0.29) is 24.7 Å². The first-order valence-corrected chi connectivity index (χ1v) is 6.89. The minimum atomic E-state index is -0.122. The number of carbonyl (C=O) groups excluding carboxylic acids is 1. The molecule has 4 heteroatoms. The molecule has 1 saturated carbocycles. The van der Waals surface area contributed by atoms with Gasteiger partial charge in [-0.2, -0.15) is 0 Å². The first-order chi connectivity index (χ1) is 9.15. The minimum absolute atomic E-state index is 0.0250. The Morgan fingerprint density at radius 3 is 2.95 bits per heavy atom. The van der Waals surface area contributed by atoms with Gasteiger partial charge in [0.15, 0.2) is 0 Å². The Bertz CT molecular complexity index is 434. The molecular formula is C15H22N2O2. The second kappa shape index (κ2) is 6.68. The van der Waals surface area contributed by atoms with Gasteiger partial charge in [0.1, 0.15) is 6.61 Å². The SMILES string of the molecule is Cc1cccc(NC(=O)COC2CCCCC2N)c1. The van der Waals surface area contributed by atoms with Crippen molar-refractivity contribution in [3.8, 4) is 0 Å². The van der Waals surface area contributed by atoms with Gasteiger partial charge in [-0.05, 0) is 37.5 Å². The third-order valence-corrected chi connectivity index (χ3v) is 3.48. The number of anilines is 1. The van der Waals surface area contributed by atoms with Gasteiger partial charge in [-0.1, -0.05) is 25.0 Å². The Labute approximate surface area is 114 Å². The van der Waals surface area contributed by atoms with Crippen molar-refractivity contribution < 1.29 is 9.53 Å². The summed E-state index contributed by atoms with van der Waals surface area (Å²) in [5.41, 5.74) is 7.91. The molecule has 1 fully saturated rings. The average molecular weight is 262 g/mol. The molecule has 1 amide bonds. The molecular weight excluding hydrogens is 240 g/mol. The van der Waals surface area contributed by atoms with E-state index in [1.807, 2.05) is 31.2 Å². The fraction of sp³-hybridized carbons (Fsp3) is 0.533. The summed E-state index contributed by atoms with van der Waals surface area (Å²) in [5.74, 6) is -0.122. The summed E-state index contributed by atoms with van der Waals surface area (Å²) >= 11 is 0. The van der Waals surface area contributed by atoms with Gasteiger partial charge >= 0.3 is 0 Å². The monoisotopic (exact) mass is 262 g/mol. The van der Waals surface area contributed by atoms with Crippen molar-refractivity contribution in [2.75, 3.05) is 11.9 Å². The molecule has 1 aromatic carbocycles. The van der Waals surface area contributed by atoms with E-state index in [4.69, 9.17) is 10.5 Å². The number of hydrogen-bond acceptors (Lipinski definition) is 3. The molecule has 0 aliphatic heterocycles. The standard InChI is InChI=1S/C15H22N2O2/c1-11-5-4-6-12(9-11)17-15(18)10-19-14-8-3-2-7-13(14)16/h4-6,9,13-14H,2-3,7-8,10,16H2,1H3,(H,17,18). The van der Waals surface area contributed by atoms with Gasteiger partial charge in [0.2, 0.25) is 5.91 Å². The zero-order valence-electron chi connectivity index (χ0n) is 11.4. The van der Waals surface area contributed by atoms with Crippen molar-refractivity contribution in [1.82, 2.24) is 0 Å². The van der Waals surface area contributed by atoms with E-state index in [1.54, 1.807) is 0 Å². The minimum Gasteiger partial charge on any atom is -0.367 e. The van der Waals surface area contributed by atoms with Crippen LogP contribution in [0.5, 0.6) is 0 Å². The highest BCUT2D eigenvalue weighted by Crippen LogP contribution is 2.19. The Hall–Kier alpha value is -1.39. The van der Waals surface area contributed by atoms with Gasteiger partial charge in [-0.15, -0.1) is 0 Å². The summed E-state index contributed by atoms with van der Waals surface area (Å²) in [7, 11) is 0. The first kappa shape index (κ1) is 14.0. The van der Waals surface area contributed by atoms with E-state index >= 15 is 0 Å². The van der Waals surface area contributed by atoms with Crippen LogP contribution in [0.15, 0.2) is 24.3 Å². The van der Waals surface area contributed by atoms with Crippen LogP contribution >= 0.6 is 0 Å². The van der Waals surface area contributed by atoms with E-state index < -0.39 is 0 Å². The van der Waals surface area contributed by atoms with E-state index in [0.717, 1.165) is 36.9 Å². The van der Waals surface area contributed by atoms with E-state index in [9.17, 15) is 4.79 Å². The molecule has 1 aliphatic rings. The zero-order valence-corrected chi connectivity index (χ0v) is 11.4. The number of carbonyl (C=O) groups is 1. The van der Waals surface area contributed by atoms with E-state index in [2.05, 4.69) is 5.32 Å². The number of hydrogen-bond donors (Lipinski definition) is 2. The summed E-state index contributed by atoms with van der Waals surface area (Å²) in [5, 5.41) is 2.83. The van der Waals surface area contributed by atoms with Gasteiger partial charge in [0.05, 0.1) is 6.10 Å². The molecule has 0 spiro atoms. The summed E-state index contributed by atoms with van der Waals surface area (Å²) in [4.78, 5) is 11.8. The second-order valence-corrected chi connectivity index (χ2v) is 5.22. The van der Waals surface area contributed by atoms with Crippen LogP contribution in [-0.4, -0.2) is 24.7 Å². The average Bonchev–Trinajstić information content (AvgIpc) is 2.38. The third-order valence-electron chi connectivity index (χ3n) is 3.48. The predicted molar refractivity (Wildman–Crippen MR) is 76.0 cm³/mol. The molecule has 2 atom stereocenters. The predicted octanol–water partition coefficient (Wildman–Crippen LogP) is 2.22. The van der Waals surface area contributed by atoms with Crippen LogP contribution in [-0.2, 0) is 9.53 Å². The smallest absolute Gasteiger partial charge is 0.250 e. The van der Waals surface area contributed by atoms with Crippen LogP contribution in [0.4, 0.5) is 5.69 Å². The Morgan fingerprint density at radius 2 is 2.21 bits per heavy atom. The molecule has 2 rings (SSSR count). The van der Waals surface area contributed by atoms with Gasteiger partial charge < -0.3 is 15.8 Å². The van der Waals surface area contributed by atoms with Crippen LogP contribution < -0.4 is 11.1 Å². The third kappa shape index (κ3) is 4.33. The highest BCUT2D eigenvalue weighted by atomic mass is 16.5. The van der Waals surface area contributed by atoms with Crippen LogP contribution in [0.2, 0.25) is 0 Å². The molecule has 2 unspecified atom stereocenters. The van der Waals surface area contributed by atoms with Crippen LogP contribution in [0.3, 0.4) is 0 Å². The van der Waals surface area contributed by atoms with Gasteiger partial charge in [0.25, 0.3) is 0 Å². The molecule has 0 bridgehead atoms. The number of benzene rings is 1. The fourth-order valence-corrected chi connectivity index (χ4v) is 2.44. The maximum absolute atomic E-state index is 11.8. The molecule has 3 N–H and O–H groups in total. The maximum Gasteiger partial charge on any atom is 0.250 e. The number of rotatable bonds is 4. The summed E-state index contributed by atoms with van der Waals surface area (Å²) in [6.07, 6.45) is 4.27. The van der Waals surface area contributed by atoms with E-state index in [0.29, 0.717) is 0 Å². The molecule has 1 aromatic rings. The summed E-state index contributed by atoms with van der Waals surface area (Å²) in [6.45, 7) is 2.07. The van der Waals surface area contributed by atoms with Crippen LogP contribution in [0.25, 0.3) is 0 Å². The molecule has 19 heavy (non-hydrogen) atoms. The Morgan fingerprint density at radius 1 is 1.42 bits per heavy atom. The molecule has 0 radical (unpaired) electrons. The fourth-order valence-electron chi connectivity index (χ4n) is 2.44. The highest BCUT2D eigenvalue weighted by Gasteiger charge is 2.22. The molecule has 0 aromatic heterocycles. The largest absolute Gasteiger partial charge is 0.367 e. The summed E-state index contributed by atoms with van der Waals surface area (Å²) < 4.78 is 5.62. The number of nitrogens with two attached hydrogens (primary N) is 1. The maximum atomic E-state index is 11.8. The van der Waals surface area contributed by atoms with Crippen molar-refractivity contribution in [2.24, 2.45) is 5.73 Å². The number of nitrogens with one attached hydrogen (secondary N) is 1. The number of ether oxygens (including phenoxy) is 1. The van der Waals surface area contributed by atoms with E-state index in [1.165, 1.54) is 0 Å².